The number of nitrogens with zero attached hydrogens (tertiary/aromatic N) is 1. The first-order valence-electron chi connectivity index (χ1n) is 8.26. The summed E-state index contributed by atoms with van der Waals surface area (Å²) < 4.78 is 36.6. The van der Waals surface area contributed by atoms with Gasteiger partial charge in [-0.2, -0.15) is 4.37 Å². The number of ether oxygens (including phenoxy) is 1. The molecule has 0 saturated carbocycles. The molecule has 13 heteroatoms. The van der Waals surface area contributed by atoms with Crippen molar-refractivity contribution in [1.82, 2.24) is 4.37 Å². The van der Waals surface area contributed by atoms with E-state index in [1.807, 2.05) is 6.92 Å². The molecule has 0 radical (unpaired) electrons. The van der Waals surface area contributed by atoms with Crippen LogP contribution in [-0.4, -0.2) is 34.8 Å². The van der Waals surface area contributed by atoms with Crippen molar-refractivity contribution in [2.75, 3.05) is 12.4 Å². The number of aliphatic carboxylic acids is 1. The Hall–Kier alpha value is -2.64. The van der Waals surface area contributed by atoms with E-state index in [0.717, 1.165) is 30.1 Å². The number of hydrogen-bond donors (Lipinski definition) is 4. The van der Waals surface area contributed by atoms with E-state index in [0.29, 0.717) is 12.8 Å². The smallest absolute Gasteiger partial charge is 0.303 e. The first-order valence-corrected chi connectivity index (χ1v) is 9.83. The van der Waals surface area contributed by atoms with Gasteiger partial charge < -0.3 is 26.6 Å². The molecule has 0 atom stereocenters. The summed E-state index contributed by atoms with van der Waals surface area (Å²) in [5.41, 5.74) is 9.20. The first-order chi connectivity index (χ1) is 14.2. The van der Waals surface area contributed by atoms with Gasteiger partial charge in [0.15, 0.2) is 0 Å². The van der Waals surface area contributed by atoms with Crippen LogP contribution in [0.4, 0.5) is 13.8 Å². The van der Waals surface area contributed by atoms with Crippen LogP contribution in [0, 0.1) is 11.6 Å². The van der Waals surface area contributed by atoms with Crippen molar-refractivity contribution in [3.8, 4) is 5.88 Å². The molecule has 2 rings (SSSR count). The number of carbonyl (C=O) groups is 3. The zero-order valence-electron chi connectivity index (χ0n) is 16.1. The van der Waals surface area contributed by atoms with Gasteiger partial charge >= 0.3 is 5.97 Å². The van der Waals surface area contributed by atoms with Gasteiger partial charge in [0.25, 0.3) is 5.91 Å². The molecule has 0 aliphatic rings. The van der Waals surface area contributed by atoms with Crippen molar-refractivity contribution >= 4 is 50.8 Å². The molecule has 1 aromatic carbocycles. The maximum Gasteiger partial charge on any atom is 0.303 e. The molecule has 0 bridgehead atoms. The van der Waals surface area contributed by atoms with E-state index in [1.165, 1.54) is 7.05 Å². The quantitative estimate of drug-likeness (QED) is 0.397. The van der Waals surface area contributed by atoms with E-state index < -0.39 is 30.1 Å². The SMILES string of the molecule is CCCC(=O)O.CN.NC(=O)c1c(OCc2c(F)cc(Br)cc2F)nsc1NC=O. The third-order valence-electron chi connectivity index (χ3n) is 3.02. The minimum Gasteiger partial charge on any atom is -0.481 e. The Morgan fingerprint density at radius 2 is 1.90 bits per heavy atom. The molecule has 1 heterocycles. The fraction of sp³-hybridized carbons (Fsp3) is 0.294. The molecular formula is C17H21BrF2N4O5S. The molecule has 0 aliphatic heterocycles. The van der Waals surface area contributed by atoms with Crippen LogP contribution in [0.3, 0.4) is 0 Å². The fourth-order valence-electron chi connectivity index (χ4n) is 1.81. The molecule has 0 saturated heterocycles. The Bertz CT molecular complexity index is 844. The second kappa shape index (κ2) is 14.4. The average Bonchev–Trinajstić information content (AvgIpc) is 3.06. The summed E-state index contributed by atoms with van der Waals surface area (Å²) in [6.45, 7) is 1.35. The van der Waals surface area contributed by atoms with Crippen LogP contribution >= 0.6 is 27.5 Å². The Balaban J connectivity index is 0.000000905. The van der Waals surface area contributed by atoms with Gasteiger partial charge in [-0.05, 0) is 37.1 Å². The summed E-state index contributed by atoms with van der Waals surface area (Å²) >= 11 is 3.72. The average molecular weight is 511 g/mol. The van der Waals surface area contributed by atoms with Crippen molar-refractivity contribution < 1.29 is 33.0 Å². The van der Waals surface area contributed by atoms with E-state index >= 15 is 0 Å². The molecule has 166 valence electrons. The zero-order valence-corrected chi connectivity index (χ0v) is 18.5. The number of aromatic nitrogens is 1. The fourth-order valence-corrected chi connectivity index (χ4v) is 2.91. The van der Waals surface area contributed by atoms with E-state index in [9.17, 15) is 23.2 Å². The molecule has 0 spiro atoms. The topological polar surface area (TPSA) is 158 Å². The van der Waals surface area contributed by atoms with Gasteiger partial charge in [0, 0.05) is 10.9 Å². The minimum atomic E-state index is -0.884. The molecule has 0 aliphatic carbocycles. The summed E-state index contributed by atoms with van der Waals surface area (Å²) in [6.07, 6.45) is 1.37. The maximum atomic E-state index is 13.7. The highest BCUT2D eigenvalue weighted by atomic mass is 79.9. The number of hydrogen-bond acceptors (Lipinski definition) is 7. The minimum absolute atomic E-state index is 0.0919. The number of carboxylic acids is 1. The van der Waals surface area contributed by atoms with E-state index in [-0.39, 0.29) is 26.5 Å². The van der Waals surface area contributed by atoms with Crippen LogP contribution in [0.2, 0.25) is 0 Å². The molecule has 6 N–H and O–H groups in total. The lowest BCUT2D eigenvalue weighted by atomic mass is 10.2. The van der Waals surface area contributed by atoms with Gasteiger partial charge in [-0.25, -0.2) is 8.78 Å². The maximum absolute atomic E-state index is 13.7. The summed E-state index contributed by atoms with van der Waals surface area (Å²) in [5.74, 6) is -3.42. The second-order valence-electron chi connectivity index (χ2n) is 5.10. The number of carbonyl (C=O) groups excluding carboxylic acids is 2. The predicted molar refractivity (Wildman–Crippen MR) is 111 cm³/mol. The second-order valence-corrected chi connectivity index (χ2v) is 6.79. The van der Waals surface area contributed by atoms with Crippen LogP contribution in [0.5, 0.6) is 5.88 Å². The monoisotopic (exact) mass is 510 g/mol. The molecule has 30 heavy (non-hydrogen) atoms. The van der Waals surface area contributed by atoms with Gasteiger partial charge in [-0.3, -0.25) is 14.4 Å². The Labute approximate surface area is 183 Å². The van der Waals surface area contributed by atoms with Crippen molar-refractivity contribution in [3.63, 3.8) is 0 Å². The first kappa shape index (κ1) is 27.4. The number of nitrogens with two attached hydrogens (primary N) is 2. The van der Waals surface area contributed by atoms with E-state index in [4.69, 9.17) is 15.6 Å². The number of carboxylic acid groups (broad SMARTS) is 1. The highest BCUT2D eigenvalue weighted by Gasteiger charge is 2.21. The summed E-state index contributed by atoms with van der Waals surface area (Å²) in [6, 6.07) is 2.16. The van der Waals surface area contributed by atoms with Gasteiger partial charge in [-0.1, -0.05) is 22.9 Å². The van der Waals surface area contributed by atoms with Crippen LogP contribution in [0.25, 0.3) is 0 Å². The third-order valence-corrected chi connectivity index (χ3v) is 4.24. The largest absolute Gasteiger partial charge is 0.481 e. The zero-order chi connectivity index (χ0) is 23.3. The Morgan fingerprint density at radius 1 is 1.33 bits per heavy atom. The van der Waals surface area contributed by atoms with Crippen molar-refractivity contribution in [3.05, 3.63) is 39.4 Å². The van der Waals surface area contributed by atoms with E-state index in [2.05, 4.69) is 31.4 Å². The molecular weight excluding hydrogens is 490 g/mol. The number of halogens is 3. The van der Waals surface area contributed by atoms with Gasteiger partial charge in [0.1, 0.15) is 28.8 Å². The number of primary amides is 1. The lowest BCUT2D eigenvalue weighted by molar-refractivity contribution is -0.137. The molecule has 1 aromatic heterocycles. The van der Waals surface area contributed by atoms with Crippen molar-refractivity contribution in [2.45, 2.75) is 26.4 Å². The number of nitrogens with one attached hydrogen (secondary N) is 1. The molecule has 0 fully saturated rings. The highest BCUT2D eigenvalue weighted by Crippen LogP contribution is 2.31. The third kappa shape index (κ3) is 8.80. The van der Waals surface area contributed by atoms with Crippen molar-refractivity contribution in [2.24, 2.45) is 11.5 Å². The molecule has 9 nitrogen and oxygen atoms in total. The van der Waals surface area contributed by atoms with Crippen LogP contribution in [-0.2, 0) is 16.2 Å². The number of rotatable bonds is 8. The normalized spacial score (nSPS) is 9.40. The van der Waals surface area contributed by atoms with Crippen LogP contribution in [0.15, 0.2) is 16.6 Å². The van der Waals surface area contributed by atoms with Gasteiger partial charge in [-0.15, -0.1) is 0 Å². The predicted octanol–water partition coefficient (Wildman–Crippen LogP) is 2.88. The number of benzene rings is 1. The molecule has 2 amide bonds. The lowest BCUT2D eigenvalue weighted by Crippen LogP contribution is -2.14. The number of amides is 2. The summed E-state index contributed by atoms with van der Waals surface area (Å²) in [4.78, 5) is 31.4. The Kier molecular flexibility index (Phi) is 13.1. The van der Waals surface area contributed by atoms with Crippen LogP contribution < -0.4 is 21.5 Å². The number of anilines is 1. The highest BCUT2D eigenvalue weighted by molar-refractivity contribution is 9.10. The molecule has 2 aromatic rings. The summed E-state index contributed by atoms with van der Waals surface area (Å²) in [5, 5.41) is 10.3. The Morgan fingerprint density at radius 3 is 2.30 bits per heavy atom. The lowest BCUT2D eigenvalue weighted by Gasteiger charge is -2.08. The molecule has 0 unspecified atom stereocenters. The van der Waals surface area contributed by atoms with Gasteiger partial charge in [0.05, 0.1) is 5.56 Å². The van der Waals surface area contributed by atoms with Crippen LogP contribution in [0.1, 0.15) is 35.7 Å². The van der Waals surface area contributed by atoms with Crippen molar-refractivity contribution in [1.29, 1.82) is 0 Å². The van der Waals surface area contributed by atoms with E-state index in [1.54, 1.807) is 0 Å². The summed E-state index contributed by atoms with van der Waals surface area (Å²) in [7, 11) is 1.50. The standard InChI is InChI=1S/C12H8BrF2N3O3S.C4H8O2.CH5N/c13-5-1-7(14)6(8(15)2-5)3-21-11-9(10(16)20)12(17-4-19)22-18-11;1-2-3-4(5)6;1-2/h1-2,4H,3H2,(H2,16,20)(H,17,19);2-3H2,1H3,(H,5,6);2H2,1H3. The van der Waals surface area contributed by atoms with Gasteiger partial charge in [0.2, 0.25) is 12.3 Å².